The van der Waals surface area contributed by atoms with E-state index in [4.69, 9.17) is 4.74 Å². The number of nitrogens with zero attached hydrogens (tertiary/aromatic N) is 1. The molecule has 3 atom stereocenters. The number of ether oxygens (including phenoxy) is 1. The molecule has 7 heteroatoms. The Hall–Kier alpha value is -2.35. The lowest BCUT2D eigenvalue weighted by atomic mass is 9.87. The van der Waals surface area contributed by atoms with E-state index in [0.717, 1.165) is 35.4 Å². The van der Waals surface area contributed by atoms with E-state index in [-0.39, 0.29) is 8.76 Å². The average molecular weight is 501 g/mol. The van der Waals surface area contributed by atoms with Crippen molar-refractivity contribution in [3.05, 3.63) is 58.9 Å². The first-order valence-corrected chi connectivity index (χ1v) is 13.7. The van der Waals surface area contributed by atoms with E-state index in [0.29, 0.717) is 6.61 Å². The maximum atomic E-state index is 6.18. The lowest BCUT2D eigenvalue weighted by Crippen LogP contribution is -2.25. The van der Waals surface area contributed by atoms with Gasteiger partial charge in [0, 0.05) is 19.7 Å². The number of benzene rings is 2. The molecule has 0 saturated carbocycles. The van der Waals surface area contributed by atoms with Crippen molar-refractivity contribution in [1.29, 1.82) is 0 Å². The van der Waals surface area contributed by atoms with Crippen molar-refractivity contribution in [3.8, 4) is 28.1 Å². The van der Waals surface area contributed by atoms with Crippen LogP contribution in [0.4, 0.5) is 0 Å². The van der Waals surface area contributed by atoms with Gasteiger partial charge in [0.15, 0.2) is 0 Å². The van der Waals surface area contributed by atoms with E-state index in [1.807, 2.05) is 47.7 Å². The van der Waals surface area contributed by atoms with Gasteiger partial charge >= 0.3 is 0 Å². The topological polar surface area (TPSA) is 62.0 Å². The summed E-state index contributed by atoms with van der Waals surface area (Å²) in [7, 11) is 5.39. The molecule has 3 aliphatic rings. The summed E-state index contributed by atoms with van der Waals surface area (Å²) in [6.45, 7) is 12.6. The van der Waals surface area contributed by atoms with Crippen molar-refractivity contribution in [2.24, 2.45) is 0 Å². The van der Waals surface area contributed by atoms with Crippen LogP contribution in [0.5, 0.6) is 5.75 Å². The second-order valence-electron chi connectivity index (χ2n) is 7.47. The summed E-state index contributed by atoms with van der Waals surface area (Å²) in [4.78, 5) is 7.56. The minimum absolute atomic E-state index is 0. The molecule has 0 saturated heterocycles. The van der Waals surface area contributed by atoms with Gasteiger partial charge in [0.1, 0.15) is 23.8 Å². The third-order valence-corrected chi connectivity index (χ3v) is 6.36. The molecule has 6 rings (SSSR count). The van der Waals surface area contributed by atoms with Gasteiger partial charge in [-0.3, -0.25) is 0 Å². The fourth-order valence-electron chi connectivity index (χ4n) is 4.41. The number of aromatic amines is 1. The molecule has 186 valence electrons. The number of aryl methyl sites for hydroxylation is 1. The molecule has 3 heterocycles. The molecule has 2 aromatic carbocycles. The van der Waals surface area contributed by atoms with Crippen molar-refractivity contribution in [2.75, 3.05) is 0 Å². The second-order valence-corrected chi connectivity index (χ2v) is 8.68. The number of H-pyrrole nitrogens is 1. The lowest BCUT2D eigenvalue weighted by Gasteiger charge is -2.26. The van der Waals surface area contributed by atoms with E-state index in [9.17, 15) is 0 Å². The van der Waals surface area contributed by atoms with E-state index in [1.165, 1.54) is 39.2 Å². The Balaban J connectivity index is 0.000000758. The maximum absolute atomic E-state index is 6.18. The molecule has 2 aliphatic heterocycles. The number of hydrogen-bond donors (Lipinski definition) is 3. The van der Waals surface area contributed by atoms with Gasteiger partial charge in [-0.1, -0.05) is 72.2 Å². The van der Waals surface area contributed by atoms with Gasteiger partial charge in [0.05, 0.1) is 17.6 Å². The first-order valence-electron chi connectivity index (χ1n) is 12.4. The molecule has 0 radical (unpaired) electrons. The van der Waals surface area contributed by atoms with Crippen LogP contribution in [-0.4, -0.2) is 15.9 Å². The number of hydrogen-bond acceptors (Lipinski definition) is 4. The summed E-state index contributed by atoms with van der Waals surface area (Å²) in [5.74, 6) is 1.17. The highest BCUT2D eigenvalue weighted by Crippen LogP contribution is 2.44. The predicted octanol–water partition coefficient (Wildman–Crippen LogP) is 6.67. The zero-order valence-electron chi connectivity index (χ0n) is 21.2. The van der Waals surface area contributed by atoms with Gasteiger partial charge in [-0.15, -0.1) is 0 Å². The smallest absolute Gasteiger partial charge is 0.128 e. The molecule has 3 N–H and O–H groups in total. The minimum Gasteiger partial charge on any atom is -0.488 e. The van der Waals surface area contributed by atoms with Crippen molar-refractivity contribution in [2.45, 2.75) is 66.9 Å². The molecule has 3 aromatic rings. The van der Waals surface area contributed by atoms with Crippen LogP contribution < -0.4 is 20.9 Å². The molecule has 1 aliphatic carbocycles. The lowest BCUT2D eigenvalue weighted by molar-refractivity contribution is 0.302. The summed E-state index contributed by atoms with van der Waals surface area (Å²) >= 11 is 0. The highest BCUT2D eigenvalue weighted by Gasteiger charge is 2.29. The third-order valence-electron chi connectivity index (χ3n) is 5.74. The monoisotopic (exact) mass is 500 g/mol. The Morgan fingerprint density at radius 2 is 1.68 bits per heavy atom. The summed E-state index contributed by atoms with van der Waals surface area (Å²) in [6.07, 6.45) is 3.96. The Kier molecular flexibility index (Phi) is 9.17. The SMILES string of the molecule is CC.CC.CC.Pc1ncc(-c2ccc3c(c2)COc2cc4c(cc2-3)CCC2=C4NC(P)N2)[nH]1.[HH].[HH]. The summed E-state index contributed by atoms with van der Waals surface area (Å²) < 4.78 is 6.18. The molecule has 0 spiro atoms. The maximum Gasteiger partial charge on any atom is 0.128 e. The molecule has 0 fully saturated rings. The molecule has 34 heavy (non-hydrogen) atoms. The van der Waals surface area contributed by atoms with Gasteiger partial charge in [-0.05, 0) is 53.3 Å². The highest BCUT2D eigenvalue weighted by molar-refractivity contribution is 7.26. The van der Waals surface area contributed by atoms with Crippen molar-refractivity contribution < 1.29 is 7.59 Å². The minimum atomic E-state index is 0. The van der Waals surface area contributed by atoms with E-state index >= 15 is 0 Å². The van der Waals surface area contributed by atoms with Crippen molar-refractivity contribution >= 4 is 29.7 Å². The number of imidazole rings is 1. The van der Waals surface area contributed by atoms with E-state index < -0.39 is 0 Å². The summed E-state index contributed by atoms with van der Waals surface area (Å²) in [5.41, 5.74) is 11.9. The van der Waals surface area contributed by atoms with Crippen LogP contribution in [0.3, 0.4) is 0 Å². The fourth-order valence-corrected chi connectivity index (χ4v) is 5.01. The van der Waals surface area contributed by atoms with Crippen LogP contribution in [0, 0.1) is 0 Å². The number of aromatic nitrogens is 2. The Morgan fingerprint density at radius 3 is 2.38 bits per heavy atom. The quantitative estimate of drug-likeness (QED) is 0.327. The number of allylic oxidation sites excluding steroid dienone is 1. The van der Waals surface area contributed by atoms with Crippen molar-refractivity contribution in [3.63, 3.8) is 0 Å². The molecule has 0 bridgehead atoms. The summed E-state index contributed by atoms with van der Waals surface area (Å²) in [6, 6.07) is 11.1. The van der Waals surface area contributed by atoms with Crippen LogP contribution in [0.25, 0.3) is 28.1 Å². The molecule has 0 amide bonds. The number of nitrogens with one attached hydrogen (secondary N) is 3. The van der Waals surface area contributed by atoms with Gasteiger partial charge in [-0.2, -0.15) is 0 Å². The molecular weight excluding hydrogens is 458 g/mol. The first-order chi connectivity index (χ1) is 16.7. The van der Waals surface area contributed by atoms with Crippen LogP contribution in [-0.2, 0) is 13.0 Å². The Labute approximate surface area is 212 Å². The fraction of sp³-hybridized carbons (Fsp3) is 0.370. The highest BCUT2D eigenvalue weighted by atomic mass is 31.0. The molecule has 3 unspecified atom stereocenters. The average Bonchev–Trinajstić information content (AvgIpc) is 3.51. The molecule has 5 nitrogen and oxygen atoms in total. The Bertz CT molecular complexity index is 1180. The van der Waals surface area contributed by atoms with E-state index in [1.54, 1.807) is 0 Å². The van der Waals surface area contributed by atoms with Gasteiger partial charge in [0.25, 0.3) is 0 Å². The van der Waals surface area contributed by atoms with Crippen LogP contribution in [0.15, 0.2) is 42.2 Å². The second kappa shape index (κ2) is 11.9. The number of rotatable bonds is 1. The molecule has 1 aromatic heterocycles. The van der Waals surface area contributed by atoms with Gasteiger partial charge in [-0.25, -0.2) is 4.98 Å². The van der Waals surface area contributed by atoms with Crippen LogP contribution >= 0.6 is 18.5 Å². The normalized spacial score (nSPS) is 16.2. The van der Waals surface area contributed by atoms with Gasteiger partial charge in [0.2, 0.25) is 0 Å². The molecular formula is C27H42N4OP2. The zero-order valence-corrected chi connectivity index (χ0v) is 23.5. The predicted molar refractivity (Wildman–Crippen MR) is 156 cm³/mol. The third kappa shape index (κ3) is 5.02. The van der Waals surface area contributed by atoms with Crippen molar-refractivity contribution in [1.82, 2.24) is 20.6 Å². The van der Waals surface area contributed by atoms with Crippen LogP contribution in [0.2, 0.25) is 0 Å². The van der Waals surface area contributed by atoms with Crippen LogP contribution in [0.1, 0.15) is 67.5 Å². The zero-order chi connectivity index (χ0) is 24.8. The standard InChI is InChI=1S/C21H20N4OP2.3C2H6.2H2/c27-20-22-8-17(24-20)11-1-3-13-12(5-11)9-26-18-7-14-10(6-15(13)18)2-4-16-19(14)25-21(28)23-16;3*1-2;;/h1,3,5-8,21,23,25H,2,4,9,27-28H2,(H,22,24);3*1-2H3;2*1H. The first kappa shape index (κ1) is 26.3. The summed E-state index contributed by atoms with van der Waals surface area (Å²) in [5, 5.41) is 7.03. The van der Waals surface area contributed by atoms with Gasteiger partial charge < -0.3 is 20.4 Å². The largest absolute Gasteiger partial charge is 0.488 e. The van der Waals surface area contributed by atoms with E-state index in [2.05, 4.69) is 69.4 Å². The number of fused-ring (bicyclic) bond motifs is 5. The Morgan fingerprint density at radius 1 is 0.912 bits per heavy atom.